The van der Waals surface area contributed by atoms with Crippen molar-refractivity contribution in [1.29, 1.82) is 0 Å². The fraction of sp³-hybridized carbons (Fsp3) is 0.571. The van der Waals surface area contributed by atoms with Gasteiger partial charge in [-0.1, -0.05) is 6.92 Å². The Morgan fingerprint density at radius 2 is 2.13 bits per heavy atom. The summed E-state index contributed by atoms with van der Waals surface area (Å²) in [6.07, 6.45) is 1.79. The van der Waals surface area contributed by atoms with Crippen LogP contribution in [0.1, 0.15) is 19.8 Å². The number of hydrogen-bond donors (Lipinski definition) is 0. The van der Waals surface area contributed by atoms with Gasteiger partial charge in [0, 0.05) is 26.2 Å². The Morgan fingerprint density at radius 3 is 2.70 bits per heavy atom. The van der Waals surface area contributed by atoms with Gasteiger partial charge in [0.05, 0.1) is 16.9 Å². The Labute approximate surface area is 135 Å². The van der Waals surface area contributed by atoms with Crippen molar-refractivity contribution in [3.63, 3.8) is 0 Å². The Bertz CT molecular complexity index is 692. The second-order valence-electron chi connectivity index (χ2n) is 5.70. The van der Waals surface area contributed by atoms with Crippen molar-refractivity contribution >= 4 is 21.4 Å². The van der Waals surface area contributed by atoms with Crippen LogP contribution in [0.4, 0.5) is 11.4 Å². The third-order valence-electron chi connectivity index (χ3n) is 4.01. The van der Waals surface area contributed by atoms with Gasteiger partial charge in [-0.3, -0.25) is 20.0 Å². The molecule has 1 fully saturated rings. The fourth-order valence-electron chi connectivity index (χ4n) is 2.69. The van der Waals surface area contributed by atoms with Crippen molar-refractivity contribution < 1.29 is 18.2 Å². The van der Waals surface area contributed by atoms with Gasteiger partial charge in [0.15, 0.2) is 0 Å². The molecule has 0 saturated carbocycles. The van der Waals surface area contributed by atoms with E-state index in [0.717, 1.165) is 18.9 Å². The average molecular weight is 343 g/mol. The minimum Gasteiger partial charge on any atom is -0.277 e. The van der Waals surface area contributed by atoms with Crippen LogP contribution < -0.4 is 5.06 Å². The molecule has 0 bridgehead atoms. The molecule has 23 heavy (non-hydrogen) atoms. The predicted molar refractivity (Wildman–Crippen MR) is 85.7 cm³/mol. The molecule has 1 aromatic rings. The first-order valence-corrected chi connectivity index (χ1v) is 8.77. The molecule has 0 spiro atoms. The molecule has 128 valence electrons. The summed E-state index contributed by atoms with van der Waals surface area (Å²) in [5.41, 5.74) is -0.107. The minimum atomic E-state index is -3.73. The Hall–Kier alpha value is -1.71. The number of hydrogen-bond acceptors (Lipinski definition) is 6. The maximum atomic E-state index is 12.7. The van der Waals surface area contributed by atoms with Crippen LogP contribution in [0.5, 0.6) is 0 Å². The van der Waals surface area contributed by atoms with Gasteiger partial charge in [0.25, 0.3) is 5.69 Å². The van der Waals surface area contributed by atoms with E-state index >= 15 is 0 Å². The summed E-state index contributed by atoms with van der Waals surface area (Å²) in [4.78, 5) is 15.5. The summed E-state index contributed by atoms with van der Waals surface area (Å²) in [7, 11) is -0.835. The molecule has 0 amide bonds. The highest BCUT2D eigenvalue weighted by Crippen LogP contribution is 2.32. The Kier molecular flexibility index (Phi) is 5.23. The van der Waals surface area contributed by atoms with E-state index in [2.05, 4.69) is 0 Å². The number of hydroxylamine groups is 1. The molecule has 1 aliphatic rings. The molecule has 1 atom stereocenters. The zero-order valence-electron chi connectivity index (χ0n) is 13.4. The smallest absolute Gasteiger partial charge is 0.277 e. The normalized spacial score (nSPS) is 19.5. The summed E-state index contributed by atoms with van der Waals surface area (Å²) in [5, 5.41) is 12.5. The minimum absolute atomic E-state index is 0.0634. The summed E-state index contributed by atoms with van der Waals surface area (Å²) in [6.45, 7) is 2.89. The summed E-state index contributed by atoms with van der Waals surface area (Å²) in [5.74, 6) is 0.285. The lowest BCUT2D eigenvalue weighted by Crippen LogP contribution is -2.39. The standard InChI is InChI=1S/C14H21N3O5S/c1-11-5-4-8-16(10-11)23(20,21)12-6-7-13(15(2)22-3)14(9-12)17(18)19/h6-7,9,11H,4-5,8,10H2,1-3H3/t11-/m1/s1. The number of anilines is 1. The molecular formula is C14H21N3O5S. The highest BCUT2D eigenvalue weighted by atomic mass is 32.2. The molecule has 9 heteroatoms. The molecule has 0 unspecified atom stereocenters. The Morgan fingerprint density at radius 1 is 1.43 bits per heavy atom. The average Bonchev–Trinajstić information content (AvgIpc) is 2.53. The maximum Gasteiger partial charge on any atom is 0.296 e. The van der Waals surface area contributed by atoms with Crippen molar-refractivity contribution in [2.75, 3.05) is 32.3 Å². The number of nitro benzene ring substituents is 1. The van der Waals surface area contributed by atoms with E-state index in [9.17, 15) is 18.5 Å². The third-order valence-corrected chi connectivity index (χ3v) is 5.88. The lowest BCUT2D eigenvalue weighted by Gasteiger charge is -2.30. The van der Waals surface area contributed by atoms with Crippen LogP contribution in [-0.2, 0) is 14.9 Å². The molecule has 0 aliphatic carbocycles. The molecule has 0 N–H and O–H groups in total. The van der Waals surface area contributed by atoms with Gasteiger partial charge < -0.3 is 0 Å². The summed E-state index contributed by atoms with van der Waals surface area (Å²) >= 11 is 0. The number of rotatable bonds is 5. The summed E-state index contributed by atoms with van der Waals surface area (Å²) < 4.78 is 26.8. The van der Waals surface area contributed by atoms with Gasteiger partial charge in [-0.25, -0.2) is 8.42 Å². The van der Waals surface area contributed by atoms with Crippen molar-refractivity contribution in [2.24, 2.45) is 5.92 Å². The monoisotopic (exact) mass is 343 g/mol. The lowest BCUT2D eigenvalue weighted by atomic mass is 10.0. The molecule has 1 heterocycles. The first kappa shape index (κ1) is 17.6. The molecule has 8 nitrogen and oxygen atoms in total. The van der Waals surface area contributed by atoms with Gasteiger partial charge in [-0.2, -0.15) is 4.31 Å². The largest absolute Gasteiger partial charge is 0.296 e. The van der Waals surface area contributed by atoms with Crippen LogP contribution in [0.3, 0.4) is 0 Å². The number of piperidine rings is 1. The van der Waals surface area contributed by atoms with E-state index in [1.54, 1.807) is 0 Å². The lowest BCUT2D eigenvalue weighted by molar-refractivity contribution is -0.384. The van der Waals surface area contributed by atoms with Crippen LogP contribution in [0.15, 0.2) is 23.1 Å². The van der Waals surface area contributed by atoms with E-state index in [0.29, 0.717) is 13.1 Å². The number of nitro groups is 1. The van der Waals surface area contributed by atoms with E-state index in [-0.39, 0.29) is 22.2 Å². The van der Waals surface area contributed by atoms with Gasteiger partial charge in [-0.15, -0.1) is 0 Å². The topological polar surface area (TPSA) is 93.0 Å². The van der Waals surface area contributed by atoms with Gasteiger partial charge >= 0.3 is 0 Å². The van der Waals surface area contributed by atoms with E-state index in [1.165, 1.54) is 35.7 Å². The number of benzene rings is 1. The first-order valence-electron chi connectivity index (χ1n) is 7.33. The molecule has 2 rings (SSSR count). The van der Waals surface area contributed by atoms with Crippen molar-refractivity contribution in [2.45, 2.75) is 24.7 Å². The van der Waals surface area contributed by atoms with Crippen LogP contribution in [0, 0.1) is 16.0 Å². The molecular weight excluding hydrogens is 322 g/mol. The third kappa shape index (κ3) is 3.62. The highest BCUT2D eigenvalue weighted by molar-refractivity contribution is 7.89. The van der Waals surface area contributed by atoms with Crippen molar-refractivity contribution in [3.8, 4) is 0 Å². The van der Waals surface area contributed by atoms with Crippen molar-refractivity contribution in [3.05, 3.63) is 28.3 Å². The zero-order chi connectivity index (χ0) is 17.2. The van der Waals surface area contributed by atoms with Crippen LogP contribution >= 0.6 is 0 Å². The SMILES string of the molecule is CON(C)c1ccc(S(=O)(=O)N2CCC[C@@H](C)C2)cc1[N+](=O)[O-]. The van der Waals surface area contributed by atoms with Crippen molar-refractivity contribution in [1.82, 2.24) is 4.31 Å². The second kappa shape index (κ2) is 6.81. The molecule has 1 saturated heterocycles. The van der Waals surface area contributed by atoms with Gasteiger partial charge in [-0.05, 0) is 30.9 Å². The molecule has 1 aromatic carbocycles. The molecule has 1 aliphatic heterocycles. The first-order chi connectivity index (χ1) is 10.8. The van der Waals surface area contributed by atoms with E-state index in [4.69, 9.17) is 4.84 Å². The van der Waals surface area contributed by atoms with Gasteiger partial charge in [0.1, 0.15) is 5.69 Å². The van der Waals surface area contributed by atoms with E-state index < -0.39 is 14.9 Å². The fourth-order valence-corrected chi connectivity index (χ4v) is 4.31. The number of nitrogens with zero attached hydrogens (tertiary/aromatic N) is 3. The molecule has 0 aromatic heterocycles. The second-order valence-corrected chi connectivity index (χ2v) is 7.64. The maximum absolute atomic E-state index is 12.7. The van der Waals surface area contributed by atoms with Crippen LogP contribution in [0.2, 0.25) is 0 Å². The highest BCUT2D eigenvalue weighted by Gasteiger charge is 2.31. The molecule has 0 radical (unpaired) electrons. The number of sulfonamides is 1. The van der Waals surface area contributed by atoms with Gasteiger partial charge in [0.2, 0.25) is 10.0 Å². The summed E-state index contributed by atoms with van der Waals surface area (Å²) in [6, 6.07) is 3.87. The Balaban J connectivity index is 2.43. The predicted octanol–water partition coefficient (Wildman–Crippen LogP) is 2.01. The van der Waals surface area contributed by atoms with Crippen LogP contribution in [-0.4, -0.2) is 44.9 Å². The quantitative estimate of drug-likeness (QED) is 0.600. The zero-order valence-corrected chi connectivity index (χ0v) is 14.2. The van der Waals surface area contributed by atoms with E-state index in [1.807, 2.05) is 6.92 Å². The van der Waals surface area contributed by atoms with Crippen LogP contribution in [0.25, 0.3) is 0 Å².